The topological polar surface area (TPSA) is 52.3 Å². The monoisotopic (exact) mass is 195 g/mol. The summed E-state index contributed by atoms with van der Waals surface area (Å²) in [5, 5.41) is 0. The van der Waals surface area contributed by atoms with E-state index in [-0.39, 0.29) is 16.7 Å². The molecule has 0 saturated heterocycles. The third kappa shape index (κ3) is 1.22. The first-order valence-electron chi connectivity index (χ1n) is 3.83. The van der Waals surface area contributed by atoms with Gasteiger partial charge in [0, 0.05) is 0 Å². The highest BCUT2D eigenvalue weighted by Crippen LogP contribution is 2.18. The number of esters is 1. The molecule has 0 radical (unpaired) electrons. The van der Waals surface area contributed by atoms with Gasteiger partial charge in [-0.15, -0.1) is 0 Å². The van der Waals surface area contributed by atoms with Gasteiger partial charge in [0.25, 0.3) is 0 Å². The van der Waals surface area contributed by atoms with Gasteiger partial charge in [-0.1, -0.05) is 0 Å². The highest BCUT2D eigenvalue weighted by Gasteiger charge is 2.12. The zero-order valence-electron chi connectivity index (χ0n) is 7.28. The van der Waals surface area contributed by atoms with Gasteiger partial charge in [-0.3, -0.25) is 0 Å². The van der Waals surface area contributed by atoms with E-state index in [1.54, 1.807) is 0 Å². The number of rotatable bonds is 1. The molecular formula is C9H6FNO3. The molecule has 0 aliphatic rings. The van der Waals surface area contributed by atoms with Crippen LogP contribution in [0.15, 0.2) is 22.9 Å². The SMILES string of the molecule is COC(=O)c1cc(F)c2ncoc2c1. The number of hydrogen-bond acceptors (Lipinski definition) is 4. The number of carbonyl (C=O) groups excluding carboxylic acids is 1. The van der Waals surface area contributed by atoms with E-state index < -0.39 is 11.8 Å². The maximum absolute atomic E-state index is 13.2. The summed E-state index contributed by atoms with van der Waals surface area (Å²) in [4.78, 5) is 14.7. The molecule has 0 aliphatic carbocycles. The lowest BCUT2D eigenvalue weighted by atomic mass is 10.2. The summed E-state index contributed by atoms with van der Waals surface area (Å²) < 4.78 is 22.6. The van der Waals surface area contributed by atoms with Crippen LogP contribution in [0.25, 0.3) is 11.1 Å². The third-order valence-corrected chi connectivity index (χ3v) is 1.81. The number of halogens is 1. The number of nitrogens with zero attached hydrogens (tertiary/aromatic N) is 1. The molecule has 1 aromatic heterocycles. The van der Waals surface area contributed by atoms with Crippen molar-refractivity contribution in [1.29, 1.82) is 0 Å². The summed E-state index contributed by atoms with van der Waals surface area (Å²) in [6.07, 6.45) is 1.12. The summed E-state index contributed by atoms with van der Waals surface area (Å²) in [6.45, 7) is 0. The highest BCUT2D eigenvalue weighted by molar-refractivity contribution is 5.93. The predicted molar refractivity (Wildman–Crippen MR) is 45.3 cm³/mol. The number of carbonyl (C=O) groups is 1. The van der Waals surface area contributed by atoms with Gasteiger partial charge in [0.1, 0.15) is 5.52 Å². The smallest absolute Gasteiger partial charge is 0.338 e. The van der Waals surface area contributed by atoms with Gasteiger partial charge in [-0.2, -0.15) is 0 Å². The minimum absolute atomic E-state index is 0.106. The Morgan fingerprint density at radius 2 is 2.36 bits per heavy atom. The van der Waals surface area contributed by atoms with E-state index in [9.17, 15) is 9.18 Å². The van der Waals surface area contributed by atoms with Crippen molar-refractivity contribution in [3.05, 3.63) is 29.9 Å². The van der Waals surface area contributed by atoms with E-state index in [4.69, 9.17) is 4.42 Å². The summed E-state index contributed by atoms with van der Waals surface area (Å²) in [5.74, 6) is -1.21. The number of methoxy groups -OCH3 is 1. The van der Waals surface area contributed by atoms with Crippen LogP contribution < -0.4 is 0 Å². The van der Waals surface area contributed by atoms with Crippen LogP contribution in [0.3, 0.4) is 0 Å². The molecule has 0 aliphatic heterocycles. The van der Waals surface area contributed by atoms with Crippen LogP contribution in [-0.2, 0) is 4.74 Å². The minimum Gasteiger partial charge on any atom is -0.465 e. The van der Waals surface area contributed by atoms with Crippen LogP contribution in [0.4, 0.5) is 4.39 Å². The first-order chi connectivity index (χ1) is 6.72. The Bertz CT molecular complexity index is 492. The Kier molecular flexibility index (Phi) is 1.92. The molecular weight excluding hydrogens is 189 g/mol. The summed E-state index contributed by atoms with van der Waals surface area (Å²) >= 11 is 0. The summed E-state index contributed by atoms with van der Waals surface area (Å²) in [7, 11) is 1.23. The molecule has 2 rings (SSSR count). The second kappa shape index (κ2) is 3.10. The van der Waals surface area contributed by atoms with Gasteiger partial charge in [0.05, 0.1) is 12.7 Å². The molecule has 0 atom stereocenters. The Labute approximate surface area is 78.3 Å². The molecule has 72 valence electrons. The molecule has 0 N–H and O–H groups in total. The van der Waals surface area contributed by atoms with Crippen molar-refractivity contribution in [2.24, 2.45) is 0 Å². The number of aromatic nitrogens is 1. The lowest BCUT2D eigenvalue weighted by molar-refractivity contribution is 0.0600. The maximum atomic E-state index is 13.2. The normalized spacial score (nSPS) is 10.4. The average molecular weight is 195 g/mol. The van der Waals surface area contributed by atoms with Crippen LogP contribution in [0.1, 0.15) is 10.4 Å². The fourth-order valence-electron chi connectivity index (χ4n) is 1.16. The first-order valence-corrected chi connectivity index (χ1v) is 3.83. The molecule has 0 unspecified atom stereocenters. The number of oxazole rings is 1. The van der Waals surface area contributed by atoms with Crippen molar-refractivity contribution in [3.8, 4) is 0 Å². The van der Waals surface area contributed by atoms with E-state index in [0.717, 1.165) is 12.5 Å². The first kappa shape index (κ1) is 8.68. The summed E-state index contributed by atoms with van der Waals surface area (Å²) in [5.41, 5.74) is 0.442. The van der Waals surface area contributed by atoms with Crippen LogP contribution in [0.2, 0.25) is 0 Å². The van der Waals surface area contributed by atoms with Gasteiger partial charge in [0.15, 0.2) is 17.8 Å². The third-order valence-electron chi connectivity index (χ3n) is 1.81. The van der Waals surface area contributed by atoms with Gasteiger partial charge >= 0.3 is 5.97 Å². The molecule has 1 aromatic carbocycles. The van der Waals surface area contributed by atoms with Crippen molar-refractivity contribution >= 4 is 17.1 Å². The quantitative estimate of drug-likeness (QED) is 0.650. The lowest BCUT2D eigenvalue weighted by Crippen LogP contribution is -2.01. The molecule has 1 heterocycles. The van der Waals surface area contributed by atoms with E-state index in [0.29, 0.717) is 0 Å². The van der Waals surface area contributed by atoms with Crippen molar-refractivity contribution in [1.82, 2.24) is 4.98 Å². The van der Waals surface area contributed by atoms with E-state index >= 15 is 0 Å². The van der Waals surface area contributed by atoms with Gasteiger partial charge in [-0.05, 0) is 12.1 Å². The van der Waals surface area contributed by atoms with Crippen molar-refractivity contribution in [2.45, 2.75) is 0 Å². The largest absolute Gasteiger partial charge is 0.465 e. The molecule has 5 heteroatoms. The van der Waals surface area contributed by atoms with Gasteiger partial charge in [0.2, 0.25) is 0 Å². The zero-order chi connectivity index (χ0) is 10.1. The maximum Gasteiger partial charge on any atom is 0.338 e. The average Bonchev–Trinajstić information content (AvgIpc) is 2.64. The number of hydrogen-bond donors (Lipinski definition) is 0. The van der Waals surface area contributed by atoms with Gasteiger partial charge in [-0.25, -0.2) is 14.2 Å². The fraction of sp³-hybridized carbons (Fsp3) is 0.111. The minimum atomic E-state index is -0.609. The Morgan fingerprint density at radius 1 is 1.57 bits per heavy atom. The van der Waals surface area contributed by atoms with E-state index in [2.05, 4.69) is 9.72 Å². The molecule has 4 nitrogen and oxygen atoms in total. The molecule has 0 amide bonds. The predicted octanol–water partition coefficient (Wildman–Crippen LogP) is 1.75. The molecule has 14 heavy (non-hydrogen) atoms. The Balaban J connectivity index is 2.64. The standard InChI is InChI=1S/C9H6FNO3/c1-13-9(12)5-2-6(10)8-7(3-5)14-4-11-8/h2-4H,1H3. The van der Waals surface area contributed by atoms with Crippen molar-refractivity contribution in [2.75, 3.05) is 7.11 Å². The Morgan fingerprint density at radius 3 is 3.07 bits per heavy atom. The fourth-order valence-corrected chi connectivity index (χ4v) is 1.16. The van der Waals surface area contributed by atoms with Crippen LogP contribution in [-0.4, -0.2) is 18.1 Å². The van der Waals surface area contributed by atoms with E-state index in [1.807, 2.05) is 0 Å². The second-order valence-corrected chi connectivity index (χ2v) is 2.65. The van der Waals surface area contributed by atoms with E-state index in [1.165, 1.54) is 13.2 Å². The Hall–Kier alpha value is -1.91. The molecule has 0 fully saturated rings. The van der Waals surface area contributed by atoms with Crippen molar-refractivity contribution in [3.63, 3.8) is 0 Å². The van der Waals surface area contributed by atoms with Crippen LogP contribution in [0, 0.1) is 5.82 Å². The van der Waals surface area contributed by atoms with Crippen LogP contribution in [0.5, 0.6) is 0 Å². The zero-order valence-corrected chi connectivity index (χ0v) is 7.28. The molecule has 0 saturated carbocycles. The van der Waals surface area contributed by atoms with Gasteiger partial charge < -0.3 is 9.15 Å². The highest BCUT2D eigenvalue weighted by atomic mass is 19.1. The molecule has 0 spiro atoms. The molecule has 0 bridgehead atoms. The number of ether oxygens (including phenoxy) is 1. The number of benzene rings is 1. The number of fused-ring (bicyclic) bond motifs is 1. The second-order valence-electron chi connectivity index (χ2n) is 2.65. The molecule has 2 aromatic rings. The van der Waals surface area contributed by atoms with Crippen molar-refractivity contribution < 1.29 is 18.3 Å². The van der Waals surface area contributed by atoms with Crippen LogP contribution >= 0.6 is 0 Å². The lowest BCUT2D eigenvalue weighted by Gasteiger charge is -1.98. The summed E-state index contributed by atoms with van der Waals surface area (Å²) in [6, 6.07) is 2.45.